The van der Waals surface area contributed by atoms with Crippen molar-refractivity contribution in [1.29, 1.82) is 0 Å². The van der Waals surface area contributed by atoms with Crippen LogP contribution in [0.25, 0.3) is 0 Å². The van der Waals surface area contributed by atoms with E-state index in [1.54, 1.807) is 0 Å². The lowest BCUT2D eigenvalue weighted by atomic mass is 10.2. The van der Waals surface area contributed by atoms with E-state index in [9.17, 15) is 35.2 Å². The van der Waals surface area contributed by atoms with Gasteiger partial charge in [0.1, 0.15) is 11.4 Å². The van der Waals surface area contributed by atoms with Crippen LogP contribution in [0.4, 0.5) is 11.4 Å². The summed E-state index contributed by atoms with van der Waals surface area (Å²) in [5.41, 5.74) is 0.0454. The number of hydrazone groups is 1. The molecule has 1 aliphatic heterocycles. The molecule has 0 bridgehead atoms. The zero-order chi connectivity index (χ0) is 26.9. The number of carbonyl (C=O) groups is 1. The van der Waals surface area contributed by atoms with Gasteiger partial charge >= 0.3 is 10.4 Å². The van der Waals surface area contributed by atoms with Gasteiger partial charge in [-0.05, 0) is 49.4 Å². The normalized spacial score (nSPS) is 17.1. The van der Waals surface area contributed by atoms with Crippen molar-refractivity contribution < 1.29 is 48.4 Å². The first-order chi connectivity index (χ1) is 16.6. The number of phenolic OH excluding ortho intramolecular Hbond substituents is 1. The van der Waals surface area contributed by atoms with Gasteiger partial charge in [-0.3, -0.25) is 13.9 Å². The average Bonchev–Trinajstić information content (AvgIpc) is 3.05. The van der Waals surface area contributed by atoms with Crippen LogP contribution in [0, 0.1) is 0 Å². The molecule has 0 saturated carbocycles. The minimum Gasteiger partial charge on any atom is -0.506 e. The molecule has 2 aromatic rings. The molecule has 1 heterocycles. The highest BCUT2D eigenvalue weighted by molar-refractivity contribution is 7.91. The topological polar surface area (TPSA) is 230 Å². The number of hydrogen-bond donors (Lipinski definition) is 3. The second-order valence-electron chi connectivity index (χ2n) is 7.20. The largest absolute Gasteiger partial charge is 0.506 e. The summed E-state index contributed by atoms with van der Waals surface area (Å²) in [6.07, 6.45) is 0. The van der Waals surface area contributed by atoms with Crippen molar-refractivity contribution >= 4 is 53.3 Å². The predicted molar refractivity (Wildman–Crippen MR) is 123 cm³/mol. The minimum atomic E-state index is -4.83. The van der Waals surface area contributed by atoms with Crippen molar-refractivity contribution in [2.45, 2.75) is 22.8 Å². The fourth-order valence-corrected chi connectivity index (χ4v) is 4.88. The number of carbonyl (C=O) groups excluding carboxylic acids is 1. The number of benzene rings is 2. The van der Waals surface area contributed by atoms with Crippen LogP contribution in [0.2, 0.25) is 0 Å². The summed E-state index contributed by atoms with van der Waals surface area (Å²) >= 11 is 0. The van der Waals surface area contributed by atoms with Gasteiger partial charge in [0.25, 0.3) is 16.0 Å². The smallest absolute Gasteiger partial charge is 0.397 e. The molecule has 0 saturated heterocycles. The van der Waals surface area contributed by atoms with Crippen LogP contribution in [-0.2, 0) is 39.3 Å². The molecule has 15 nitrogen and oxygen atoms in total. The zero-order valence-corrected chi connectivity index (χ0v) is 20.6. The monoisotopic (exact) mass is 562 g/mol. The summed E-state index contributed by atoms with van der Waals surface area (Å²) in [5, 5.41) is 22.6. The van der Waals surface area contributed by atoms with E-state index in [1.807, 2.05) is 0 Å². The molecule has 1 atom stereocenters. The van der Waals surface area contributed by atoms with E-state index in [1.165, 1.54) is 19.1 Å². The SMILES string of the molecule is CC1=NN(c2ccc(S(=O)(=O)O)cc2)C(=O)C1N=Nc1cc(S(=O)(=O)CCOS(=O)(=O)O)ccc1O. The number of nitrogens with zero attached hydrogens (tertiary/aromatic N) is 4. The van der Waals surface area contributed by atoms with Gasteiger partial charge in [-0.1, -0.05) is 0 Å². The van der Waals surface area contributed by atoms with Gasteiger partial charge in [0.05, 0.1) is 33.5 Å². The number of azo groups is 1. The van der Waals surface area contributed by atoms with E-state index in [-0.39, 0.29) is 26.9 Å². The van der Waals surface area contributed by atoms with Gasteiger partial charge < -0.3 is 5.11 Å². The molecule has 3 rings (SSSR count). The van der Waals surface area contributed by atoms with E-state index in [0.29, 0.717) is 0 Å². The fourth-order valence-electron chi connectivity index (χ4n) is 2.90. The third-order valence-corrected chi connectivity index (χ3v) is 7.66. The molecule has 1 unspecified atom stereocenters. The van der Waals surface area contributed by atoms with Crippen LogP contribution in [0.5, 0.6) is 5.75 Å². The van der Waals surface area contributed by atoms with Crippen molar-refractivity contribution in [2.24, 2.45) is 15.3 Å². The summed E-state index contributed by atoms with van der Waals surface area (Å²) in [7, 11) is -13.4. The standard InChI is InChI=1S/C18H18N4O11S3/c1-11-17(18(24)22(21-11)12-2-4-13(5-3-12)35(27,28)29)20-19-15-10-14(6-7-16(15)23)34(25,26)9-8-33-36(30,31)32/h2-7,10,17,23H,8-9H2,1H3,(H,27,28,29)(H,30,31,32). The van der Waals surface area contributed by atoms with E-state index in [0.717, 1.165) is 35.3 Å². The van der Waals surface area contributed by atoms with Crippen LogP contribution in [-0.4, -0.2) is 69.5 Å². The van der Waals surface area contributed by atoms with E-state index < -0.39 is 60.4 Å². The van der Waals surface area contributed by atoms with Gasteiger partial charge in [-0.2, -0.15) is 37.2 Å². The van der Waals surface area contributed by atoms with Crippen LogP contribution < -0.4 is 5.01 Å². The molecule has 3 N–H and O–H groups in total. The summed E-state index contributed by atoms with van der Waals surface area (Å²) in [6.45, 7) is 0.607. The molecule has 36 heavy (non-hydrogen) atoms. The summed E-state index contributed by atoms with van der Waals surface area (Å²) in [6, 6.07) is 6.36. The summed E-state index contributed by atoms with van der Waals surface area (Å²) < 4.78 is 89.9. The van der Waals surface area contributed by atoms with Crippen LogP contribution >= 0.6 is 0 Å². The average molecular weight is 563 g/mol. The van der Waals surface area contributed by atoms with Crippen LogP contribution in [0.3, 0.4) is 0 Å². The molecule has 0 aliphatic carbocycles. The molecule has 0 spiro atoms. The van der Waals surface area contributed by atoms with Crippen molar-refractivity contribution in [3.63, 3.8) is 0 Å². The Labute approximate surface area is 205 Å². The molecule has 194 valence electrons. The van der Waals surface area contributed by atoms with Gasteiger partial charge in [-0.25, -0.2) is 12.6 Å². The van der Waals surface area contributed by atoms with Crippen molar-refractivity contribution in [3.8, 4) is 5.75 Å². The number of rotatable bonds is 9. The van der Waals surface area contributed by atoms with Crippen LogP contribution in [0.15, 0.2) is 67.6 Å². The molecule has 0 aromatic heterocycles. The molecular formula is C18H18N4O11S3. The quantitative estimate of drug-likeness (QED) is 0.289. The fraction of sp³-hybridized carbons (Fsp3) is 0.222. The highest BCUT2D eigenvalue weighted by atomic mass is 32.3. The second-order valence-corrected chi connectivity index (χ2v) is 11.8. The van der Waals surface area contributed by atoms with Gasteiger partial charge in [0.15, 0.2) is 15.9 Å². The predicted octanol–water partition coefficient (Wildman–Crippen LogP) is 1.11. The minimum absolute atomic E-state index is 0.174. The summed E-state index contributed by atoms with van der Waals surface area (Å²) in [5.74, 6) is -1.96. The first-order valence-electron chi connectivity index (χ1n) is 9.63. The molecule has 0 radical (unpaired) electrons. The molecule has 1 aliphatic rings. The third-order valence-electron chi connectivity index (χ3n) is 4.65. The van der Waals surface area contributed by atoms with Gasteiger partial charge in [-0.15, -0.1) is 0 Å². The Balaban J connectivity index is 1.80. The number of sulfone groups is 1. The number of hydrogen-bond acceptors (Lipinski definition) is 12. The maximum absolute atomic E-state index is 12.8. The summed E-state index contributed by atoms with van der Waals surface area (Å²) in [4.78, 5) is 12.0. The molecule has 0 fully saturated rings. The number of anilines is 1. The lowest BCUT2D eigenvalue weighted by Gasteiger charge is -2.12. The Bertz CT molecular complexity index is 1570. The van der Waals surface area contributed by atoms with Crippen molar-refractivity contribution in [1.82, 2.24) is 0 Å². The number of phenols is 1. The maximum Gasteiger partial charge on any atom is 0.397 e. The van der Waals surface area contributed by atoms with E-state index in [2.05, 4.69) is 19.5 Å². The highest BCUT2D eigenvalue weighted by Crippen LogP contribution is 2.31. The first kappa shape index (κ1) is 27.3. The van der Waals surface area contributed by atoms with Crippen LogP contribution in [0.1, 0.15) is 6.92 Å². The molecule has 18 heteroatoms. The second kappa shape index (κ2) is 9.99. The van der Waals surface area contributed by atoms with Gasteiger partial charge in [0, 0.05) is 0 Å². The lowest BCUT2D eigenvalue weighted by molar-refractivity contribution is -0.117. The lowest BCUT2D eigenvalue weighted by Crippen LogP contribution is -2.29. The van der Waals surface area contributed by atoms with Gasteiger partial charge in [0.2, 0.25) is 0 Å². The first-order valence-corrected chi connectivity index (χ1v) is 14.1. The number of amides is 1. The Morgan fingerprint density at radius 2 is 1.61 bits per heavy atom. The Hall–Kier alpha value is -3.29. The van der Waals surface area contributed by atoms with E-state index in [4.69, 9.17) is 9.11 Å². The maximum atomic E-state index is 12.8. The van der Waals surface area contributed by atoms with Crippen molar-refractivity contribution in [3.05, 3.63) is 42.5 Å². The highest BCUT2D eigenvalue weighted by Gasteiger charge is 2.35. The Morgan fingerprint density at radius 3 is 2.19 bits per heavy atom. The zero-order valence-electron chi connectivity index (χ0n) is 18.2. The molecule has 2 aromatic carbocycles. The van der Waals surface area contributed by atoms with Crippen molar-refractivity contribution in [2.75, 3.05) is 17.4 Å². The third kappa shape index (κ3) is 6.47. The molecular weight excluding hydrogens is 544 g/mol. The Morgan fingerprint density at radius 1 is 1.00 bits per heavy atom. The molecule has 1 amide bonds. The number of aromatic hydroxyl groups is 1. The Kier molecular flexibility index (Phi) is 7.58. The van der Waals surface area contributed by atoms with E-state index >= 15 is 0 Å².